The highest BCUT2D eigenvalue weighted by atomic mass is 16.6. The summed E-state index contributed by atoms with van der Waals surface area (Å²) < 4.78 is 4.94. The zero-order valence-electron chi connectivity index (χ0n) is 13.8. The smallest absolute Gasteiger partial charge is 0.323 e. The number of ether oxygens (including phenoxy) is 1. The minimum Gasteiger partial charge on any atom is -0.460 e. The molecule has 11 heteroatoms. The highest BCUT2D eigenvalue weighted by molar-refractivity contribution is 5.85. The van der Waals surface area contributed by atoms with Crippen LogP contribution in [0.2, 0.25) is 0 Å². The molecular formula is C15H18N4O7. The van der Waals surface area contributed by atoms with Crippen LogP contribution in [0.15, 0.2) is 18.2 Å². The maximum Gasteiger partial charge on any atom is 0.323 e. The van der Waals surface area contributed by atoms with Gasteiger partial charge in [-0.2, -0.15) is 0 Å². The molecule has 1 saturated heterocycles. The summed E-state index contributed by atoms with van der Waals surface area (Å²) in [6.45, 7) is 0.850. The van der Waals surface area contributed by atoms with E-state index in [0.29, 0.717) is 13.1 Å². The second-order valence-electron chi connectivity index (χ2n) is 5.88. The monoisotopic (exact) mass is 366 g/mol. The van der Waals surface area contributed by atoms with Crippen LogP contribution in [0.5, 0.6) is 0 Å². The van der Waals surface area contributed by atoms with Gasteiger partial charge in [0.05, 0.1) is 22.3 Å². The van der Waals surface area contributed by atoms with Crippen molar-refractivity contribution in [1.82, 2.24) is 4.90 Å². The van der Waals surface area contributed by atoms with E-state index < -0.39 is 39.8 Å². The number of esters is 1. The third-order valence-corrected chi connectivity index (χ3v) is 3.92. The molecule has 1 aromatic rings. The average molecular weight is 366 g/mol. The molecule has 11 nitrogen and oxygen atoms in total. The number of nitro groups is 2. The van der Waals surface area contributed by atoms with Crippen LogP contribution >= 0.6 is 0 Å². The maximum atomic E-state index is 12.0. The number of hydrogen-bond acceptors (Lipinski definition) is 8. The van der Waals surface area contributed by atoms with Crippen molar-refractivity contribution in [3.8, 4) is 0 Å². The molecule has 0 aromatic heterocycles. The molecule has 1 aromatic carbocycles. The number of likely N-dealkylation sites (tertiary alicyclic amines) is 1. The van der Waals surface area contributed by atoms with Gasteiger partial charge in [-0.3, -0.25) is 29.8 Å². The number of nitrogens with two attached hydrogens (primary N) is 1. The lowest BCUT2D eigenvalue weighted by atomic mass is 10.2. The normalized spacial score (nSPS) is 14.7. The topological polar surface area (TPSA) is 159 Å². The SMILES string of the molecule is N[C@@H](CC(=O)N1CCCC1)C(=O)OCc1cc([N+](=O)[O-])cc([N+](=O)[O-])c1. The van der Waals surface area contributed by atoms with Crippen LogP contribution in [-0.4, -0.2) is 45.8 Å². The van der Waals surface area contributed by atoms with Crippen molar-refractivity contribution in [3.05, 3.63) is 44.0 Å². The first-order valence-corrected chi connectivity index (χ1v) is 7.90. The van der Waals surface area contributed by atoms with E-state index in [1.165, 1.54) is 0 Å². The van der Waals surface area contributed by atoms with Gasteiger partial charge in [-0.05, 0) is 12.8 Å². The maximum absolute atomic E-state index is 12.0. The van der Waals surface area contributed by atoms with E-state index in [9.17, 15) is 29.8 Å². The van der Waals surface area contributed by atoms with Crippen LogP contribution in [0.1, 0.15) is 24.8 Å². The largest absolute Gasteiger partial charge is 0.460 e. The first kappa shape index (κ1) is 19.2. The summed E-state index contributed by atoms with van der Waals surface area (Å²) in [5.41, 5.74) is 4.77. The first-order valence-electron chi connectivity index (χ1n) is 7.90. The van der Waals surface area contributed by atoms with Crippen LogP contribution in [0, 0.1) is 20.2 Å². The van der Waals surface area contributed by atoms with E-state index in [-0.39, 0.29) is 17.9 Å². The van der Waals surface area contributed by atoms with Crippen molar-refractivity contribution in [2.24, 2.45) is 5.73 Å². The van der Waals surface area contributed by atoms with E-state index in [4.69, 9.17) is 10.5 Å². The Hall–Kier alpha value is -3.08. The second kappa shape index (κ2) is 8.34. The van der Waals surface area contributed by atoms with Gasteiger partial charge in [0.25, 0.3) is 11.4 Å². The minimum absolute atomic E-state index is 0.0809. The summed E-state index contributed by atoms with van der Waals surface area (Å²) in [4.78, 5) is 45.6. The molecule has 0 spiro atoms. The summed E-state index contributed by atoms with van der Waals surface area (Å²) in [7, 11) is 0. The van der Waals surface area contributed by atoms with Crippen LogP contribution in [0.25, 0.3) is 0 Å². The third kappa shape index (κ3) is 4.96. The number of hydrogen-bond donors (Lipinski definition) is 1. The first-order chi connectivity index (χ1) is 12.3. The van der Waals surface area contributed by atoms with Crippen LogP contribution in [-0.2, 0) is 20.9 Å². The number of carbonyl (C=O) groups is 2. The van der Waals surface area contributed by atoms with E-state index in [1.54, 1.807) is 4.90 Å². The Bertz CT molecular complexity index is 698. The van der Waals surface area contributed by atoms with Gasteiger partial charge in [-0.25, -0.2) is 0 Å². The Kier molecular flexibility index (Phi) is 6.17. The molecule has 140 valence electrons. The molecule has 1 fully saturated rings. The molecule has 0 unspecified atom stereocenters. The van der Waals surface area contributed by atoms with Gasteiger partial charge < -0.3 is 15.4 Å². The van der Waals surface area contributed by atoms with Gasteiger partial charge >= 0.3 is 5.97 Å². The van der Waals surface area contributed by atoms with Gasteiger partial charge in [0, 0.05) is 30.8 Å². The van der Waals surface area contributed by atoms with E-state index >= 15 is 0 Å². The van der Waals surface area contributed by atoms with Gasteiger partial charge in [0.15, 0.2) is 0 Å². The average Bonchev–Trinajstić information content (AvgIpc) is 3.13. The Labute approximate surface area is 148 Å². The molecule has 1 amide bonds. The fourth-order valence-corrected chi connectivity index (χ4v) is 2.58. The molecule has 1 heterocycles. The Balaban J connectivity index is 1.96. The van der Waals surface area contributed by atoms with E-state index in [0.717, 1.165) is 31.0 Å². The van der Waals surface area contributed by atoms with Gasteiger partial charge in [-0.1, -0.05) is 0 Å². The fraction of sp³-hybridized carbons (Fsp3) is 0.467. The number of rotatable bonds is 7. The lowest BCUT2D eigenvalue weighted by Gasteiger charge is -2.17. The van der Waals surface area contributed by atoms with Crippen LogP contribution in [0.3, 0.4) is 0 Å². The number of carbonyl (C=O) groups excluding carboxylic acids is 2. The van der Waals surface area contributed by atoms with Gasteiger partial charge in [-0.15, -0.1) is 0 Å². The molecule has 1 aliphatic heterocycles. The summed E-state index contributed by atoms with van der Waals surface area (Å²) in [5.74, 6) is -1.09. The van der Waals surface area contributed by atoms with Crippen molar-refractivity contribution in [3.63, 3.8) is 0 Å². The van der Waals surface area contributed by atoms with E-state index in [2.05, 4.69) is 0 Å². The van der Waals surface area contributed by atoms with Crippen molar-refractivity contribution in [1.29, 1.82) is 0 Å². The molecule has 0 saturated carbocycles. The number of amides is 1. The lowest BCUT2D eigenvalue weighted by Crippen LogP contribution is -2.39. The predicted octanol–water partition coefficient (Wildman–Crippen LogP) is 0.886. The molecule has 0 radical (unpaired) electrons. The number of nitrogens with zero attached hydrogens (tertiary/aromatic N) is 3. The molecule has 0 bridgehead atoms. The third-order valence-electron chi connectivity index (χ3n) is 3.92. The molecule has 2 rings (SSSR count). The zero-order valence-corrected chi connectivity index (χ0v) is 13.8. The van der Waals surface area contributed by atoms with Gasteiger partial charge in [0.1, 0.15) is 12.6 Å². The minimum atomic E-state index is -1.17. The highest BCUT2D eigenvalue weighted by Crippen LogP contribution is 2.23. The van der Waals surface area contributed by atoms with Crippen molar-refractivity contribution >= 4 is 23.3 Å². The fourth-order valence-electron chi connectivity index (χ4n) is 2.58. The quantitative estimate of drug-likeness (QED) is 0.423. The van der Waals surface area contributed by atoms with Crippen molar-refractivity contribution in [2.45, 2.75) is 31.9 Å². The number of non-ortho nitro benzene ring substituents is 2. The van der Waals surface area contributed by atoms with Crippen molar-refractivity contribution in [2.75, 3.05) is 13.1 Å². The zero-order chi connectivity index (χ0) is 19.3. The number of benzene rings is 1. The Morgan fingerprint density at radius 2 is 1.65 bits per heavy atom. The summed E-state index contributed by atoms with van der Waals surface area (Å²) in [6, 6.07) is 1.78. The van der Waals surface area contributed by atoms with Gasteiger partial charge in [0.2, 0.25) is 5.91 Å². The molecule has 1 atom stereocenters. The standard InChI is InChI=1S/C15H18N4O7/c16-13(8-14(20)17-3-1-2-4-17)15(21)26-9-10-5-11(18(22)23)7-12(6-10)19(24)25/h5-7,13H,1-4,8-9,16H2/t13-/m0/s1. The summed E-state index contributed by atoms with van der Waals surface area (Å²) >= 11 is 0. The highest BCUT2D eigenvalue weighted by Gasteiger charge is 2.25. The van der Waals surface area contributed by atoms with E-state index in [1.807, 2.05) is 0 Å². The number of nitro benzene ring substituents is 2. The van der Waals surface area contributed by atoms with Crippen LogP contribution in [0.4, 0.5) is 11.4 Å². The summed E-state index contributed by atoms with van der Waals surface area (Å²) in [5, 5.41) is 21.7. The Morgan fingerprint density at radius 1 is 1.12 bits per heavy atom. The van der Waals surface area contributed by atoms with Crippen LogP contribution < -0.4 is 5.73 Å². The molecular weight excluding hydrogens is 348 g/mol. The molecule has 0 aliphatic carbocycles. The Morgan fingerprint density at radius 3 is 2.15 bits per heavy atom. The lowest BCUT2D eigenvalue weighted by molar-refractivity contribution is -0.394. The molecule has 2 N–H and O–H groups in total. The molecule has 26 heavy (non-hydrogen) atoms. The predicted molar refractivity (Wildman–Crippen MR) is 88.0 cm³/mol. The summed E-state index contributed by atoms with van der Waals surface area (Å²) in [6.07, 6.45) is 1.63. The molecule has 1 aliphatic rings. The second-order valence-corrected chi connectivity index (χ2v) is 5.88. The van der Waals surface area contributed by atoms with Crippen molar-refractivity contribution < 1.29 is 24.2 Å².